The monoisotopic (exact) mass is 310 g/mol. The largest absolute Gasteiger partial charge is 0.488 e. The SMILES string of the molecule is Clc1cccc(COc2cccc3c2cnc2ncnn23)c1. The van der Waals surface area contributed by atoms with Gasteiger partial charge in [-0.25, -0.2) is 4.98 Å². The first-order valence-electron chi connectivity index (χ1n) is 6.76. The van der Waals surface area contributed by atoms with Gasteiger partial charge in [-0.3, -0.25) is 0 Å². The Labute approximate surface area is 131 Å². The molecular weight excluding hydrogens is 300 g/mol. The van der Waals surface area contributed by atoms with Gasteiger partial charge >= 0.3 is 0 Å². The van der Waals surface area contributed by atoms with E-state index in [2.05, 4.69) is 15.1 Å². The molecular formula is C16H11ClN4O. The fourth-order valence-corrected chi connectivity index (χ4v) is 2.59. The average Bonchev–Trinajstić information content (AvgIpc) is 3.02. The first-order valence-corrected chi connectivity index (χ1v) is 7.14. The number of ether oxygens (including phenoxy) is 1. The minimum atomic E-state index is 0.440. The summed E-state index contributed by atoms with van der Waals surface area (Å²) in [6.07, 6.45) is 3.24. The molecule has 0 aliphatic carbocycles. The Morgan fingerprint density at radius 2 is 2.00 bits per heavy atom. The number of aromatic nitrogens is 4. The Hall–Kier alpha value is -2.66. The second-order valence-corrected chi connectivity index (χ2v) is 5.27. The van der Waals surface area contributed by atoms with Crippen molar-refractivity contribution in [2.45, 2.75) is 6.61 Å². The Morgan fingerprint density at radius 3 is 2.91 bits per heavy atom. The lowest BCUT2D eigenvalue weighted by atomic mass is 10.2. The van der Waals surface area contributed by atoms with Crippen molar-refractivity contribution in [3.63, 3.8) is 0 Å². The molecule has 4 rings (SSSR count). The van der Waals surface area contributed by atoms with Crippen LogP contribution in [0.3, 0.4) is 0 Å². The number of hydrogen-bond donors (Lipinski definition) is 0. The van der Waals surface area contributed by atoms with E-state index in [9.17, 15) is 0 Å². The lowest BCUT2D eigenvalue weighted by Crippen LogP contribution is -1.98. The van der Waals surface area contributed by atoms with Crippen molar-refractivity contribution < 1.29 is 4.74 Å². The van der Waals surface area contributed by atoms with Crippen LogP contribution in [0.15, 0.2) is 55.0 Å². The van der Waals surface area contributed by atoms with Crippen molar-refractivity contribution >= 4 is 28.3 Å². The Bertz CT molecular complexity index is 967. The molecule has 2 aromatic heterocycles. The number of halogens is 1. The highest BCUT2D eigenvalue weighted by Crippen LogP contribution is 2.25. The molecule has 0 aliphatic rings. The molecule has 108 valence electrons. The van der Waals surface area contributed by atoms with Crippen LogP contribution in [0.5, 0.6) is 5.75 Å². The summed E-state index contributed by atoms with van der Waals surface area (Å²) in [5.74, 6) is 1.32. The summed E-state index contributed by atoms with van der Waals surface area (Å²) < 4.78 is 7.62. The minimum Gasteiger partial charge on any atom is -0.488 e. The number of hydrogen-bond acceptors (Lipinski definition) is 4. The Kier molecular flexibility index (Phi) is 3.12. The maximum Gasteiger partial charge on any atom is 0.252 e. The highest BCUT2D eigenvalue weighted by atomic mass is 35.5. The molecule has 4 aromatic rings. The van der Waals surface area contributed by atoms with Gasteiger partial charge < -0.3 is 4.74 Å². The lowest BCUT2D eigenvalue weighted by molar-refractivity contribution is 0.310. The molecule has 22 heavy (non-hydrogen) atoms. The molecule has 0 saturated carbocycles. The summed E-state index contributed by atoms with van der Waals surface area (Å²) in [6, 6.07) is 13.4. The fraction of sp³-hybridized carbons (Fsp3) is 0.0625. The van der Waals surface area contributed by atoms with Gasteiger partial charge in [0.2, 0.25) is 0 Å². The third kappa shape index (κ3) is 2.25. The predicted molar refractivity (Wildman–Crippen MR) is 84.1 cm³/mol. The number of benzene rings is 2. The predicted octanol–water partition coefficient (Wildman–Crippen LogP) is 3.51. The second-order valence-electron chi connectivity index (χ2n) is 4.84. The van der Waals surface area contributed by atoms with Crippen LogP contribution in [0.2, 0.25) is 5.02 Å². The van der Waals surface area contributed by atoms with E-state index in [-0.39, 0.29) is 0 Å². The molecule has 0 aliphatic heterocycles. The molecule has 0 atom stereocenters. The van der Waals surface area contributed by atoms with Gasteiger partial charge in [-0.05, 0) is 29.8 Å². The van der Waals surface area contributed by atoms with E-state index >= 15 is 0 Å². The summed E-state index contributed by atoms with van der Waals surface area (Å²) >= 11 is 5.99. The van der Waals surface area contributed by atoms with Gasteiger partial charge in [-0.1, -0.05) is 29.8 Å². The Balaban J connectivity index is 1.72. The van der Waals surface area contributed by atoms with Crippen molar-refractivity contribution in [1.82, 2.24) is 19.6 Å². The molecule has 0 unspecified atom stereocenters. The highest BCUT2D eigenvalue weighted by molar-refractivity contribution is 6.30. The highest BCUT2D eigenvalue weighted by Gasteiger charge is 2.08. The van der Waals surface area contributed by atoms with E-state index in [1.54, 1.807) is 10.7 Å². The Morgan fingerprint density at radius 1 is 1.09 bits per heavy atom. The van der Waals surface area contributed by atoms with Gasteiger partial charge in [0.05, 0.1) is 10.9 Å². The van der Waals surface area contributed by atoms with Crippen LogP contribution in [0.4, 0.5) is 0 Å². The summed E-state index contributed by atoms with van der Waals surface area (Å²) in [6.45, 7) is 0.440. The molecule has 6 heteroatoms. The van der Waals surface area contributed by atoms with E-state index in [0.29, 0.717) is 17.4 Å². The molecule has 0 N–H and O–H groups in total. The van der Waals surface area contributed by atoms with Crippen LogP contribution in [0.1, 0.15) is 5.56 Å². The van der Waals surface area contributed by atoms with Crippen LogP contribution in [0, 0.1) is 0 Å². The van der Waals surface area contributed by atoms with Crippen molar-refractivity contribution in [3.8, 4) is 5.75 Å². The van der Waals surface area contributed by atoms with Crippen LogP contribution in [-0.2, 0) is 6.61 Å². The van der Waals surface area contributed by atoms with Gasteiger partial charge in [0.1, 0.15) is 18.7 Å². The van der Waals surface area contributed by atoms with Crippen LogP contribution in [0.25, 0.3) is 16.7 Å². The lowest BCUT2D eigenvalue weighted by Gasteiger charge is -2.09. The summed E-state index contributed by atoms with van der Waals surface area (Å²) in [7, 11) is 0. The van der Waals surface area contributed by atoms with E-state index in [0.717, 1.165) is 22.2 Å². The molecule has 0 amide bonds. The molecule has 0 fully saturated rings. The first kappa shape index (κ1) is 13.0. The van der Waals surface area contributed by atoms with E-state index in [4.69, 9.17) is 16.3 Å². The van der Waals surface area contributed by atoms with Crippen LogP contribution < -0.4 is 4.74 Å². The first-order chi connectivity index (χ1) is 10.8. The third-order valence-corrected chi connectivity index (χ3v) is 3.63. The molecule has 0 radical (unpaired) electrons. The summed E-state index contributed by atoms with van der Waals surface area (Å²) in [5, 5.41) is 5.78. The molecule has 0 saturated heterocycles. The normalized spacial score (nSPS) is 11.1. The van der Waals surface area contributed by atoms with Crippen molar-refractivity contribution in [3.05, 3.63) is 65.6 Å². The fourth-order valence-electron chi connectivity index (χ4n) is 2.38. The zero-order valence-corrected chi connectivity index (χ0v) is 12.2. The molecule has 0 bridgehead atoms. The van der Waals surface area contributed by atoms with Gasteiger partial charge in [0, 0.05) is 11.2 Å². The maximum atomic E-state index is 5.99. The molecule has 2 heterocycles. The van der Waals surface area contributed by atoms with Crippen LogP contribution >= 0.6 is 11.6 Å². The minimum absolute atomic E-state index is 0.440. The average molecular weight is 311 g/mol. The second kappa shape index (κ2) is 5.27. The van der Waals surface area contributed by atoms with Gasteiger partial charge in [0.15, 0.2) is 0 Å². The quantitative estimate of drug-likeness (QED) is 0.581. The zero-order valence-electron chi connectivity index (χ0n) is 11.5. The van der Waals surface area contributed by atoms with Crippen molar-refractivity contribution in [2.75, 3.05) is 0 Å². The smallest absolute Gasteiger partial charge is 0.252 e. The topological polar surface area (TPSA) is 52.3 Å². The number of nitrogens with zero attached hydrogens (tertiary/aromatic N) is 4. The number of rotatable bonds is 3. The van der Waals surface area contributed by atoms with E-state index in [1.165, 1.54) is 6.33 Å². The molecule has 5 nitrogen and oxygen atoms in total. The van der Waals surface area contributed by atoms with Gasteiger partial charge in [0.25, 0.3) is 5.78 Å². The van der Waals surface area contributed by atoms with Gasteiger partial charge in [-0.15, -0.1) is 0 Å². The number of fused-ring (bicyclic) bond motifs is 3. The zero-order chi connectivity index (χ0) is 14.9. The molecule has 2 aromatic carbocycles. The standard InChI is InChI=1S/C16H11ClN4O/c17-12-4-1-3-11(7-12)9-22-15-6-2-5-14-13(15)8-18-16-19-10-20-21(14)16/h1-8,10H,9H2. The van der Waals surface area contributed by atoms with E-state index < -0.39 is 0 Å². The molecule has 0 spiro atoms. The van der Waals surface area contributed by atoms with Crippen molar-refractivity contribution in [1.29, 1.82) is 0 Å². The van der Waals surface area contributed by atoms with Crippen molar-refractivity contribution in [2.24, 2.45) is 0 Å². The van der Waals surface area contributed by atoms with Crippen LogP contribution in [-0.4, -0.2) is 19.6 Å². The maximum absolute atomic E-state index is 5.99. The third-order valence-electron chi connectivity index (χ3n) is 3.39. The van der Waals surface area contributed by atoms with E-state index in [1.807, 2.05) is 42.5 Å². The summed E-state index contributed by atoms with van der Waals surface area (Å²) in [5.41, 5.74) is 1.92. The summed E-state index contributed by atoms with van der Waals surface area (Å²) in [4.78, 5) is 8.37. The van der Waals surface area contributed by atoms with Gasteiger partial charge in [-0.2, -0.15) is 14.6 Å².